The smallest absolute Gasteiger partial charge is 0.305 e. The van der Waals surface area contributed by atoms with E-state index in [9.17, 15) is 19.8 Å². The van der Waals surface area contributed by atoms with Crippen LogP contribution in [0, 0.1) is 0 Å². The largest absolute Gasteiger partial charge is 0.466 e. The highest BCUT2D eigenvalue weighted by molar-refractivity contribution is 5.76. The van der Waals surface area contributed by atoms with E-state index in [4.69, 9.17) is 4.74 Å². The molecule has 0 aromatic rings. The maximum Gasteiger partial charge on any atom is 0.305 e. The van der Waals surface area contributed by atoms with Gasteiger partial charge in [0.15, 0.2) is 0 Å². The highest BCUT2D eigenvalue weighted by Crippen LogP contribution is 2.18. The van der Waals surface area contributed by atoms with Crippen LogP contribution in [0.3, 0.4) is 0 Å². The summed E-state index contributed by atoms with van der Waals surface area (Å²) in [6, 6.07) is -0.551. The molecule has 0 bridgehead atoms. The van der Waals surface area contributed by atoms with Gasteiger partial charge in [-0.3, -0.25) is 9.59 Å². The predicted octanol–water partition coefficient (Wildman–Crippen LogP) is 20.2. The van der Waals surface area contributed by atoms with Crippen LogP contribution >= 0.6 is 0 Å². The van der Waals surface area contributed by atoms with Crippen LogP contribution in [0.15, 0.2) is 24.3 Å². The first kappa shape index (κ1) is 69.3. The second-order valence-electron chi connectivity index (χ2n) is 22.1. The minimum Gasteiger partial charge on any atom is -0.466 e. The molecule has 1 amide bonds. The molecule has 0 aliphatic rings. The third-order valence-electron chi connectivity index (χ3n) is 15.0. The number of hydrogen-bond acceptors (Lipinski definition) is 5. The summed E-state index contributed by atoms with van der Waals surface area (Å²) in [7, 11) is 0. The van der Waals surface area contributed by atoms with E-state index in [1.807, 2.05) is 0 Å². The lowest BCUT2D eigenvalue weighted by Gasteiger charge is -2.22. The fourth-order valence-electron chi connectivity index (χ4n) is 10.0. The van der Waals surface area contributed by atoms with Gasteiger partial charge in [0.25, 0.3) is 0 Å². The lowest BCUT2D eigenvalue weighted by atomic mass is 10.0. The number of amides is 1. The minimum atomic E-state index is -0.673. The van der Waals surface area contributed by atoms with Crippen LogP contribution in [0.1, 0.15) is 354 Å². The summed E-state index contributed by atoms with van der Waals surface area (Å²) in [4.78, 5) is 24.6. The maximum absolute atomic E-state index is 12.5. The van der Waals surface area contributed by atoms with Crippen LogP contribution in [-0.4, -0.2) is 47.4 Å². The highest BCUT2D eigenvalue weighted by atomic mass is 16.5. The molecule has 0 spiro atoms. The summed E-state index contributed by atoms with van der Waals surface area (Å²) in [6.07, 6.45) is 74.7. The summed E-state index contributed by atoms with van der Waals surface area (Å²) in [5.74, 6) is -0.0456. The Morgan fingerprint density at radius 1 is 0.380 bits per heavy atom. The Hall–Kier alpha value is -1.66. The highest BCUT2D eigenvalue weighted by Gasteiger charge is 2.20. The molecule has 0 rings (SSSR count). The average molecular weight is 1000 g/mol. The molecule has 2 unspecified atom stereocenters. The van der Waals surface area contributed by atoms with Gasteiger partial charge in [0.1, 0.15) is 0 Å². The van der Waals surface area contributed by atoms with E-state index in [2.05, 4.69) is 43.5 Å². The van der Waals surface area contributed by atoms with Crippen LogP contribution in [-0.2, 0) is 14.3 Å². The van der Waals surface area contributed by atoms with Gasteiger partial charge in [-0.05, 0) is 77.0 Å². The number of allylic oxidation sites excluding steroid dienone is 4. The number of carbonyl (C=O) groups excluding carboxylic acids is 2. The molecule has 0 saturated heterocycles. The molecule has 71 heavy (non-hydrogen) atoms. The van der Waals surface area contributed by atoms with Crippen molar-refractivity contribution in [3.63, 3.8) is 0 Å². The molecule has 6 nitrogen and oxygen atoms in total. The van der Waals surface area contributed by atoms with Crippen molar-refractivity contribution in [3.8, 4) is 0 Å². The average Bonchev–Trinajstić information content (AvgIpc) is 3.37. The first-order chi connectivity index (χ1) is 35.0. The Bertz CT molecular complexity index is 1110. The monoisotopic (exact) mass is 1000 g/mol. The normalized spacial score (nSPS) is 12.7. The molecule has 0 aliphatic heterocycles. The number of nitrogens with one attached hydrogen (secondary N) is 1. The van der Waals surface area contributed by atoms with Gasteiger partial charge in [-0.15, -0.1) is 0 Å². The standard InChI is InChI=1S/C65H125NO5/c1-3-5-7-9-11-13-15-17-19-21-23-27-31-35-39-43-47-51-55-59-65(70)71-60-56-52-48-44-40-36-32-28-24-26-30-34-38-42-46-50-54-58-64(69)66-62(61-67)63(68)57-53-49-45-41-37-33-29-25-22-20-18-16-14-12-10-8-6-4-2/h17,19,24,28,62-63,67-68H,3-16,18,20-23,25-27,29-61H2,1-2H3,(H,66,69)/b19-17-,28-24-. The van der Waals surface area contributed by atoms with E-state index in [0.717, 1.165) is 57.8 Å². The predicted molar refractivity (Wildman–Crippen MR) is 310 cm³/mol. The molecule has 0 aliphatic carbocycles. The van der Waals surface area contributed by atoms with Gasteiger partial charge in [0.2, 0.25) is 5.91 Å². The zero-order chi connectivity index (χ0) is 51.4. The number of aliphatic hydroxyl groups excluding tert-OH is 2. The number of hydrogen-bond donors (Lipinski definition) is 3. The Kier molecular flexibility index (Phi) is 59.5. The van der Waals surface area contributed by atoms with Crippen LogP contribution in [0.2, 0.25) is 0 Å². The van der Waals surface area contributed by atoms with E-state index in [-0.39, 0.29) is 18.5 Å². The van der Waals surface area contributed by atoms with Crippen LogP contribution in [0.25, 0.3) is 0 Å². The number of esters is 1. The Morgan fingerprint density at radius 2 is 0.662 bits per heavy atom. The molecule has 0 heterocycles. The van der Waals surface area contributed by atoms with E-state index in [0.29, 0.717) is 25.9 Å². The van der Waals surface area contributed by atoms with Gasteiger partial charge < -0.3 is 20.3 Å². The Labute approximate surface area is 443 Å². The first-order valence-electron chi connectivity index (χ1n) is 32.1. The van der Waals surface area contributed by atoms with Gasteiger partial charge >= 0.3 is 5.97 Å². The third-order valence-corrected chi connectivity index (χ3v) is 15.0. The van der Waals surface area contributed by atoms with Gasteiger partial charge in [0, 0.05) is 12.8 Å². The number of rotatable bonds is 60. The molecule has 0 saturated carbocycles. The number of carbonyl (C=O) groups is 2. The van der Waals surface area contributed by atoms with Crippen molar-refractivity contribution in [2.45, 2.75) is 366 Å². The van der Waals surface area contributed by atoms with Crippen molar-refractivity contribution >= 4 is 11.9 Å². The van der Waals surface area contributed by atoms with Gasteiger partial charge in [-0.2, -0.15) is 0 Å². The van der Waals surface area contributed by atoms with Gasteiger partial charge in [-0.1, -0.05) is 289 Å². The molecule has 6 heteroatoms. The molecule has 0 fully saturated rings. The lowest BCUT2D eigenvalue weighted by molar-refractivity contribution is -0.143. The Morgan fingerprint density at radius 3 is 1.00 bits per heavy atom. The van der Waals surface area contributed by atoms with E-state index in [1.165, 1.54) is 263 Å². The van der Waals surface area contributed by atoms with Gasteiger partial charge in [0.05, 0.1) is 25.4 Å². The molecular weight excluding hydrogens is 875 g/mol. The van der Waals surface area contributed by atoms with Crippen LogP contribution in [0.5, 0.6) is 0 Å². The lowest BCUT2D eigenvalue weighted by Crippen LogP contribution is -2.45. The molecule has 420 valence electrons. The zero-order valence-electron chi connectivity index (χ0n) is 48.0. The second kappa shape index (κ2) is 60.9. The summed E-state index contributed by atoms with van der Waals surface area (Å²) in [5, 5.41) is 23.3. The topological polar surface area (TPSA) is 95.9 Å². The van der Waals surface area contributed by atoms with E-state index < -0.39 is 12.1 Å². The van der Waals surface area contributed by atoms with Crippen LogP contribution < -0.4 is 5.32 Å². The first-order valence-corrected chi connectivity index (χ1v) is 32.1. The fraction of sp³-hybridized carbons (Fsp3) is 0.908. The Balaban J connectivity index is 3.43. The number of aliphatic hydroxyl groups is 2. The minimum absolute atomic E-state index is 0.00147. The van der Waals surface area contributed by atoms with Gasteiger partial charge in [-0.25, -0.2) is 0 Å². The van der Waals surface area contributed by atoms with E-state index in [1.54, 1.807) is 0 Å². The third kappa shape index (κ3) is 57.5. The quantitative estimate of drug-likeness (QED) is 0.0320. The summed E-state index contributed by atoms with van der Waals surface area (Å²) in [5.41, 5.74) is 0. The summed E-state index contributed by atoms with van der Waals surface area (Å²) >= 11 is 0. The van der Waals surface area contributed by atoms with Crippen molar-refractivity contribution in [2.24, 2.45) is 0 Å². The summed E-state index contributed by atoms with van der Waals surface area (Å²) < 4.78 is 5.49. The molecule has 2 atom stereocenters. The molecule has 0 aromatic heterocycles. The zero-order valence-corrected chi connectivity index (χ0v) is 48.0. The maximum atomic E-state index is 12.5. The number of ether oxygens (including phenoxy) is 1. The molecule has 0 radical (unpaired) electrons. The van der Waals surface area contributed by atoms with Crippen molar-refractivity contribution in [1.29, 1.82) is 0 Å². The van der Waals surface area contributed by atoms with Crippen molar-refractivity contribution in [3.05, 3.63) is 24.3 Å². The molecular formula is C65H125NO5. The van der Waals surface area contributed by atoms with Crippen molar-refractivity contribution < 1.29 is 24.5 Å². The summed E-state index contributed by atoms with van der Waals surface area (Å²) in [6.45, 7) is 4.95. The SMILES string of the molecule is CCCCCCCC/C=C\CCCCCCCCCCCC(=O)OCCCCCCCC/C=C\CCCCCCCCCC(=O)NC(CO)C(O)CCCCCCCCCCCCCCCCCCCC. The van der Waals surface area contributed by atoms with Crippen molar-refractivity contribution in [1.82, 2.24) is 5.32 Å². The molecule has 3 N–H and O–H groups in total. The fourth-order valence-corrected chi connectivity index (χ4v) is 10.0. The van der Waals surface area contributed by atoms with Crippen molar-refractivity contribution in [2.75, 3.05) is 13.2 Å². The van der Waals surface area contributed by atoms with Crippen LogP contribution in [0.4, 0.5) is 0 Å². The number of unbranched alkanes of at least 4 members (excludes halogenated alkanes) is 45. The second-order valence-corrected chi connectivity index (χ2v) is 22.1. The van der Waals surface area contributed by atoms with E-state index >= 15 is 0 Å². The molecule has 0 aromatic carbocycles.